The molecule has 3 aromatic rings. The summed E-state index contributed by atoms with van der Waals surface area (Å²) in [5.41, 5.74) is -4.33. The lowest BCUT2D eigenvalue weighted by Gasteiger charge is -2.47. The number of ether oxygens (including phenoxy) is 2. The molecule has 1 N–H and O–H groups in total. The average Bonchev–Trinajstić information content (AvgIpc) is 3.50. The van der Waals surface area contributed by atoms with Gasteiger partial charge in [0.1, 0.15) is 0 Å². The maximum Gasteiger partial charge on any atom is 0.416 e. The van der Waals surface area contributed by atoms with E-state index in [1.807, 2.05) is 0 Å². The molecule has 15 heteroatoms. The fraction of sp³-hybridized carbons (Fsp3) is 0.333. The van der Waals surface area contributed by atoms with Gasteiger partial charge in [-0.15, -0.1) is 0 Å². The Hall–Kier alpha value is -5.60. The second-order valence-corrected chi connectivity index (χ2v) is 14.0. The number of rotatable bonds is 6. The van der Waals surface area contributed by atoms with Gasteiger partial charge in [0, 0.05) is 5.92 Å². The molecule has 54 heavy (non-hydrogen) atoms. The van der Waals surface area contributed by atoms with Crippen molar-refractivity contribution in [3.05, 3.63) is 95.1 Å². The van der Waals surface area contributed by atoms with Crippen LogP contribution in [-0.2, 0) is 31.5 Å². The number of fused-ring (bicyclic) bond motifs is 4. The quantitative estimate of drug-likeness (QED) is 0.158. The van der Waals surface area contributed by atoms with Crippen LogP contribution in [0.3, 0.4) is 0 Å². The third-order valence-electron chi connectivity index (χ3n) is 11.2. The highest BCUT2D eigenvalue weighted by Gasteiger charge is 2.67. The van der Waals surface area contributed by atoms with Crippen LogP contribution in [0.2, 0.25) is 0 Å². The van der Waals surface area contributed by atoms with Gasteiger partial charge >= 0.3 is 12.4 Å². The van der Waals surface area contributed by atoms with E-state index in [2.05, 4.69) is 0 Å². The minimum absolute atomic E-state index is 0.0827. The maximum atomic E-state index is 14.5. The first-order valence-electron chi connectivity index (χ1n) is 16.9. The summed E-state index contributed by atoms with van der Waals surface area (Å²) in [6.45, 7) is 1.65. The Balaban J connectivity index is 1.34. The second kappa shape index (κ2) is 12.8. The zero-order valence-electron chi connectivity index (χ0n) is 28.9. The molecular weight excluding hydrogens is 722 g/mol. The molecule has 3 fully saturated rings. The zero-order chi connectivity index (χ0) is 39.1. The molecule has 0 unspecified atom stereocenters. The van der Waals surface area contributed by atoms with Gasteiger partial charge in [0.15, 0.2) is 11.5 Å². The van der Waals surface area contributed by atoms with Crippen molar-refractivity contribution in [3.63, 3.8) is 0 Å². The molecule has 2 heterocycles. The first-order chi connectivity index (χ1) is 25.4. The Morgan fingerprint density at radius 3 is 1.93 bits per heavy atom. The molecule has 9 nitrogen and oxygen atoms in total. The van der Waals surface area contributed by atoms with Gasteiger partial charge in [0.25, 0.3) is 0 Å². The number of amides is 4. The number of phenolic OH excluding ortho intramolecular Hbond substituents is 1. The molecule has 7 rings (SSSR count). The average molecular weight is 755 g/mol. The Morgan fingerprint density at radius 2 is 1.37 bits per heavy atom. The van der Waals surface area contributed by atoms with Gasteiger partial charge in [-0.05, 0) is 73.7 Å². The van der Waals surface area contributed by atoms with Crippen molar-refractivity contribution >= 4 is 41.1 Å². The van der Waals surface area contributed by atoms with Crippen LogP contribution in [0.15, 0.2) is 78.4 Å². The lowest BCUT2D eigenvalue weighted by molar-refractivity contribution is -0.143. The summed E-state index contributed by atoms with van der Waals surface area (Å²) in [6.07, 6.45) is -5.64. The highest BCUT2D eigenvalue weighted by molar-refractivity contribution is 6.25. The Labute approximate surface area is 304 Å². The molecular formula is C39H32F6N2O7. The van der Waals surface area contributed by atoms with E-state index in [9.17, 15) is 50.6 Å². The molecule has 282 valence electrons. The number of alkyl halides is 6. The predicted molar refractivity (Wildman–Crippen MR) is 181 cm³/mol. The SMILES string of the molecule is COc1cc(C=C[C@H]2C3=CC[C@@H]4C(=O)N(c5cc(C(F)(F)F)cc(C(F)(F)F)c5)C(=O)[C@@H]4[C@@H]3C[C@H]3C(=O)N(c4ccccc4)C(=O)[C@@]23C)cc(OC)c1O. The smallest absolute Gasteiger partial charge is 0.416 e. The Morgan fingerprint density at radius 1 is 0.778 bits per heavy atom. The molecule has 2 aliphatic carbocycles. The van der Waals surface area contributed by atoms with Crippen LogP contribution in [0.5, 0.6) is 17.2 Å². The van der Waals surface area contributed by atoms with Gasteiger partial charge in [-0.25, -0.2) is 9.80 Å². The topological polar surface area (TPSA) is 113 Å². The number of para-hydroxylation sites is 1. The van der Waals surface area contributed by atoms with Gasteiger partial charge in [-0.3, -0.25) is 19.2 Å². The normalized spacial score (nSPS) is 26.9. The number of aromatic hydroxyl groups is 1. The van der Waals surface area contributed by atoms with Crippen LogP contribution in [0.4, 0.5) is 37.7 Å². The molecule has 4 amide bonds. The summed E-state index contributed by atoms with van der Waals surface area (Å²) in [5.74, 6) is -8.30. The molecule has 1 saturated carbocycles. The third-order valence-corrected chi connectivity index (χ3v) is 11.2. The first-order valence-corrected chi connectivity index (χ1v) is 16.9. The largest absolute Gasteiger partial charge is 0.502 e. The number of carbonyl (C=O) groups is 4. The number of methoxy groups -OCH3 is 2. The molecule has 0 bridgehead atoms. The Bertz CT molecular complexity index is 2090. The number of carbonyl (C=O) groups excluding carboxylic acids is 4. The molecule has 2 saturated heterocycles. The van der Waals surface area contributed by atoms with Crippen molar-refractivity contribution in [2.24, 2.45) is 35.0 Å². The van der Waals surface area contributed by atoms with Crippen LogP contribution in [0, 0.1) is 35.0 Å². The van der Waals surface area contributed by atoms with Crippen LogP contribution in [-0.4, -0.2) is 43.0 Å². The van der Waals surface area contributed by atoms with E-state index < -0.39 is 87.8 Å². The lowest BCUT2D eigenvalue weighted by atomic mass is 9.52. The van der Waals surface area contributed by atoms with Gasteiger partial charge in [0.2, 0.25) is 29.4 Å². The molecule has 0 aromatic heterocycles. The predicted octanol–water partition coefficient (Wildman–Crippen LogP) is 7.43. The van der Waals surface area contributed by atoms with Crippen LogP contribution in [0.25, 0.3) is 6.08 Å². The van der Waals surface area contributed by atoms with Gasteiger partial charge < -0.3 is 14.6 Å². The van der Waals surface area contributed by atoms with Crippen molar-refractivity contribution in [1.82, 2.24) is 0 Å². The van der Waals surface area contributed by atoms with Crippen molar-refractivity contribution < 1.29 is 60.1 Å². The number of hydrogen-bond acceptors (Lipinski definition) is 7. The molecule has 3 aromatic carbocycles. The summed E-state index contributed by atoms with van der Waals surface area (Å²) in [5, 5.41) is 10.5. The van der Waals surface area contributed by atoms with E-state index in [0.717, 1.165) is 4.90 Å². The fourth-order valence-corrected chi connectivity index (χ4v) is 8.58. The lowest BCUT2D eigenvalue weighted by Crippen LogP contribution is -2.49. The number of phenols is 1. The third kappa shape index (κ3) is 5.62. The van der Waals surface area contributed by atoms with Crippen molar-refractivity contribution in [2.45, 2.75) is 32.1 Å². The number of imide groups is 2. The first kappa shape index (κ1) is 36.7. The van der Waals surface area contributed by atoms with Crippen LogP contribution >= 0.6 is 0 Å². The highest BCUT2D eigenvalue weighted by Crippen LogP contribution is 2.61. The minimum atomic E-state index is -5.22. The van der Waals surface area contributed by atoms with Gasteiger partial charge in [0.05, 0.1) is 59.9 Å². The van der Waals surface area contributed by atoms with Crippen LogP contribution < -0.4 is 19.3 Å². The Kier molecular flexibility index (Phi) is 8.69. The van der Waals surface area contributed by atoms with Crippen molar-refractivity contribution in [2.75, 3.05) is 24.0 Å². The minimum Gasteiger partial charge on any atom is -0.502 e. The van der Waals surface area contributed by atoms with E-state index in [4.69, 9.17) is 9.47 Å². The van der Waals surface area contributed by atoms with Crippen molar-refractivity contribution in [3.8, 4) is 17.2 Å². The highest BCUT2D eigenvalue weighted by atomic mass is 19.4. The van der Waals surface area contributed by atoms with Gasteiger partial charge in [-0.1, -0.05) is 42.0 Å². The number of nitrogens with zero attached hydrogens (tertiary/aromatic N) is 2. The fourth-order valence-electron chi connectivity index (χ4n) is 8.58. The number of benzene rings is 3. The van der Waals surface area contributed by atoms with Gasteiger partial charge in [-0.2, -0.15) is 26.3 Å². The molecule has 2 aliphatic heterocycles. The van der Waals surface area contributed by atoms with E-state index >= 15 is 0 Å². The maximum absolute atomic E-state index is 14.5. The molecule has 0 spiro atoms. The van der Waals surface area contributed by atoms with Crippen molar-refractivity contribution in [1.29, 1.82) is 0 Å². The number of hydrogen-bond donors (Lipinski definition) is 1. The second-order valence-electron chi connectivity index (χ2n) is 14.0. The number of anilines is 2. The van der Waals surface area contributed by atoms with E-state index in [1.54, 1.807) is 55.5 Å². The summed E-state index contributed by atoms with van der Waals surface area (Å²) >= 11 is 0. The van der Waals surface area contributed by atoms with Crippen LogP contribution in [0.1, 0.15) is 36.5 Å². The molecule has 0 radical (unpaired) electrons. The summed E-state index contributed by atoms with van der Waals surface area (Å²) in [6, 6.07) is 11.9. The van der Waals surface area contributed by atoms with E-state index in [0.29, 0.717) is 33.9 Å². The molecule has 4 aliphatic rings. The summed E-state index contributed by atoms with van der Waals surface area (Å²) < 4.78 is 93.4. The summed E-state index contributed by atoms with van der Waals surface area (Å²) in [7, 11) is 2.69. The standard InChI is InChI=1S/C39H32F6N2O7/c1-37-27(12-9-19-13-29(53-2)32(48)30(14-19)54-3)24-10-11-25-31(26(24)18-28(37)34(50)47(36(37)52)22-7-5-4-6-8-22)35(51)46(33(25)49)23-16-20(38(40,41)42)15-21(17-23)39(43,44)45/h4-10,12-17,25-28,31,48H,11,18H2,1-3H3/t25-,26+,27-,28-,31-,37-/m0/s1. The van der Waals surface area contributed by atoms with E-state index in [-0.39, 0.29) is 36.2 Å². The zero-order valence-corrected chi connectivity index (χ0v) is 28.9. The summed E-state index contributed by atoms with van der Waals surface area (Å²) in [4.78, 5) is 58.4. The number of halogens is 6. The van der Waals surface area contributed by atoms with E-state index in [1.165, 1.54) is 26.4 Å². The number of allylic oxidation sites excluding steroid dienone is 3. The monoisotopic (exact) mass is 754 g/mol. The molecule has 6 atom stereocenters.